The summed E-state index contributed by atoms with van der Waals surface area (Å²) < 4.78 is 6.87. The van der Waals surface area contributed by atoms with Gasteiger partial charge in [-0.3, -0.25) is 9.59 Å². The summed E-state index contributed by atoms with van der Waals surface area (Å²) in [5.74, 6) is 0.704. The number of anilines is 2. The molecule has 6 nitrogen and oxygen atoms in total. The van der Waals surface area contributed by atoms with Crippen LogP contribution >= 0.6 is 23.1 Å². The highest BCUT2D eigenvalue weighted by molar-refractivity contribution is 8.01. The number of benzene rings is 3. The first-order valence-electron chi connectivity index (χ1n) is 9.86. The molecule has 4 aromatic rings. The number of carbonyl (C=O) groups is 2. The van der Waals surface area contributed by atoms with Gasteiger partial charge in [0, 0.05) is 16.9 Å². The van der Waals surface area contributed by atoms with Gasteiger partial charge in [-0.05, 0) is 61.0 Å². The predicted octanol–water partition coefficient (Wildman–Crippen LogP) is 5.60. The number of nitrogens with one attached hydrogen (secondary N) is 2. The quantitative estimate of drug-likeness (QED) is 0.349. The average Bonchev–Trinajstić information content (AvgIpc) is 3.21. The molecule has 0 atom stereocenters. The summed E-state index contributed by atoms with van der Waals surface area (Å²) in [6.45, 7) is 1.96. The Morgan fingerprint density at radius 3 is 2.56 bits per heavy atom. The lowest BCUT2D eigenvalue weighted by Crippen LogP contribution is -2.14. The summed E-state index contributed by atoms with van der Waals surface area (Å²) in [6, 6.07) is 20.2. The zero-order chi connectivity index (χ0) is 22.5. The zero-order valence-corrected chi connectivity index (χ0v) is 19.2. The van der Waals surface area contributed by atoms with Crippen LogP contribution in [0.4, 0.5) is 11.4 Å². The number of para-hydroxylation sites is 1. The minimum absolute atomic E-state index is 0.0731. The van der Waals surface area contributed by atoms with Gasteiger partial charge < -0.3 is 15.4 Å². The fourth-order valence-corrected chi connectivity index (χ4v) is 4.92. The summed E-state index contributed by atoms with van der Waals surface area (Å²) in [4.78, 5) is 29.4. The molecule has 0 aliphatic carbocycles. The molecule has 0 aliphatic rings. The summed E-state index contributed by atoms with van der Waals surface area (Å²) in [6.07, 6.45) is 0. The number of hydrogen-bond acceptors (Lipinski definition) is 6. The molecular formula is C24H21N3O3S2. The van der Waals surface area contributed by atoms with Crippen LogP contribution < -0.4 is 15.4 Å². The van der Waals surface area contributed by atoms with Crippen LogP contribution in [0.3, 0.4) is 0 Å². The molecule has 0 radical (unpaired) electrons. The van der Waals surface area contributed by atoms with Crippen LogP contribution in [0.5, 0.6) is 5.75 Å². The molecule has 1 aromatic heterocycles. The van der Waals surface area contributed by atoms with Gasteiger partial charge in [-0.25, -0.2) is 4.98 Å². The van der Waals surface area contributed by atoms with Crippen molar-refractivity contribution >= 4 is 56.5 Å². The number of rotatable bonds is 7. The summed E-state index contributed by atoms with van der Waals surface area (Å²) >= 11 is 2.89. The second-order valence-corrected chi connectivity index (χ2v) is 9.25. The van der Waals surface area contributed by atoms with Crippen molar-refractivity contribution in [2.75, 3.05) is 23.5 Å². The number of ether oxygens (including phenoxy) is 1. The molecule has 0 spiro atoms. The molecule has 2 amide bonds. The van der Waals surface area contributed by atoms with Crippen molar-refractivity contribution in [2.24, 2.45) is 0 Å². The molecule has 0 aliphatic heterocycles. The van der Waals surface area contributed by atoms with Crippen molar-refractivity contribution in [3.63, 3.8) is 0 Å². The largest absolute Gasteiger partial charge is 0.497 e. The van der Waals surface area contributed by atoms with Gasteiger partial charge in [-0.15, -0.1) is 11.3 Å². The van der Waals surface area contributed by atoms with Gasteiger partial charge in [-0.2, -0.15) is 0 Å². The molecule has 3 aromatic carbocycles. The lowest BCUT2D eigenvalue weighted by molar-refractivity contribution is -0.113. The van der Waals surface area contributed by atoms with E-state index in [1.54, 1.807) is 31.4 Å². The van der Waals surface area contributed by atoms with Gasteiger partial charge in [0.25, 0.3) is 5.91 Å². The first kappa shape index (κ1) is 21.9. The number of aryl methyl sites for hydroxylation is 1. The van der Waals surface area contributed by atoms with Crippen LogP contribution in [0.25, 0.3) is 10.2 Å². The lowest BCUT2D eigenvalue weighted by Gasteiger charge is -2.06. The fraction of sp³-hybridized carbons (Fsp3) is 0.125. The zero-order valence-electron chi connectivity index (χ0n) is 17.5. The number of aromatic nitrogens is 1. The molecule has 0 fully saturated rings. The third-order valence-electron chi connectivity index (χ3n) is 4.72. The molecule has 2 N–H and O–H groups in total. The van der Waals surface area contributed by atoms with E-state index in [9.17, 15) is 9.59 Å². The second kappa shape index (κ2) is 9.84. The van der Waals surface area contributed by atoms with E-state index in [0.29, 0.717) is 17.0 Å². The number of methoxy groups -OCH3 is 1. The van der Waals surface area contributed by atoms with Gasteiger partial charge in [-0.1, -0.05) is 30.0 Å². The molecule has 0 saturated carbocycles. The van der Waals surface area contributed by atoms with E-state index in [2.05, 4.69) is 15.6 Å². The Morgan fingerprint density at radius 1 is 1.03 bits per heavy atom. The van der Waals surface area contributed by atoms with Gasteiger partial charge >= 0.3 is 0 Å². The molecule has 0 bridgehead atoms. The number of fused-ring (bicyclic) bond motifs is 1. The Bertz CT molecular complexity index is 1270. The Balaban J connectivity index is 1.38. The van der Waals surface area contributed by atoms with Crippen molar-refractivity contribution in [3.8, 4) is 5.75 Å². The summed E-state index contributed by atoms with van der Waals surface area (Å²) in [5, 5.41) is 5.84. The van der Waals surface area contributed by atoms with Crippen LogP contribution in [0.1, 0.15) is 15.9 Å². The van der Waals surface area contributed by atoms with Crippen molar-refractivity contribution in [3.05, 3.63) is 77.9 Å². The van der Waals surface area contributed by atoms with E-state index in [1.165, 1.54) is 23.1 Å². The monoisotopic (exact) mass is 463 g/mol. The number of hydrogen-bond donors (Lipinski definition) is 2. The van der Waals surface area contributed by atoms with Crippen molar-refractivity contribution in [1.82, 2.24) is 4.98 Å². The minimum Gasteiger partial charge on any atom is -0.497 e. The molecule has 8 heteroatoms. The second-order valence-electron chi connectivity index (χ2n) is 7.00. The van der Waals surface area contributed by atoms with Crippen LogP contribution in [-0.4, -0.2) is 29.7 Å². The highest BCUT2D eigenvalue weighted by Crippen LogP contribution is 2.31. The summed E-state index contributed by atoms with van der Waals surface area (Å²) in [7, 11) is 1.59. The topological polar surface area (TPSA) is 80.3 Å². The van der Waals surface area contributed by atoms with Crippen LogP contribution in [0.15, 0.2) is 71.1 Å². The van der Waals surface area contributed by atoms with E-state index >= 15 is 0 Å². The maximum absolute atomic E-state index is 12.5. The maximum atomic E-state index is 12.5. The molecular weight excluding hydrogens is 442 g/mol. The third-order valence-corrected chi connectivity index (χ3v) is 6.89. The number of carbonyl (C=O) groups excluding carboxylic acids is 2. The predicted molar refractivity (Wildman–Crippen MR) is 131 cm³/mol. The highest BCUT2D eigenvalue weighted by Gasteiger charge is 2.11. The molecule has 162 valence electrons. The molecule has 0 saturated heterocycles. The van der Waals surface area contributed by atoms with Gasteiger partial charge in [0.05, 0.1) is 23.1 Å². The normalized spacial score (nSPS) is 10.7. The molecule has 0 unspecified atom stereocenters. The Kier molecular flexibility index (Phi) is 6.72. The van der Waals surface area contributed by atoms with Crippen LogP contribution in [0, 0.1) is 6.92 Å². The van der Waals surface area contributed by atoms with Crippen molar-refractivity contribution in [1.29, 1.82) is 0 Å². The Labute approximate surface area is 194 Å². The Morgan fingerprint density at radius 2 is 1.81 bits per heavy atom. The molecule has 4 rings (SSSR count). The minimum atomic E-state index is -0.195. The van der Waals surface area contributed by atoms with E-state index in [-0.39, 0.29) is 17.6 Å². The number of amides is 2. The average molecular weight is 464 g/mol. The van der Waals surface area contributed by atoms with E-state index < -0.39 is 0 Å². The van der Waals surface area contributed by atoms with Crippen molar-refractivity contribution < 1.29 is 14.3 Å². The smallest absolute Gasteiger partial charge is 0.255 e. The van der Waals surface area contributed by atoms with E-state index in [4.69, 9.17) is 4.74 Å². The number of thioether (sulfide) groups is 1. The van der Waals surface area contributed by atoms with E-state index in [1.807, 2.05) is 49.4 Å². The van der Waals surface area contributed by atoms with Crippen LogP contribution in [-0.2, 0) is 4.79 Å². The number of thiazole rings is 1. The lowest BCUT2D eigenvalue weighted by atomic mass is 10.2. The summed E-state index contributed by atoms with van der Waals surface area (Å²) in [5.41, 5.74) is 3.91. The van der Waals surface area contributed by atoms with Gasteiger partial charge in [0.15, 0.2) is 4.34 Å². The first-order valence-corrected chi connectivity index (χ1v) is 11.7. The van der Waals surface area contributed by atoms with Gasteiger partial charge in [0.2, 0.25) is 5.91 Å². The number of nitrogens with zero attached hydrogens (tertiary/aromatic N) is 1. The third kappa shape index (κ3) is 5.27. The molecule has 1 heterocycles. The standard InChI is InChI=1S/C24H21N3O3S2/c1-15-5-3-4-6-19(15)26-22(28)14-31-24-27-20-12-9-17(13-21(20)32-24)25-23(29)16-7-10-18(30-2)11-8-16/h3-13H,14H2,1-2H3,(H,25,29)(H,26,28). The van der Waals surface area contributed by atoms with Crippen LogP contribution in [0.2, 0.25) is 0 Å². The van der Waals surface area contributed by atoms with E-state index in [0.717, 1.165) is 25.8 Å². The SMILES string of the molecule is COc1ccc(C(=O)Nc2ccc3nc(SCC(=O)Nc4ccccc4C)sc3c2)cc1. The Hall–Kier alpha value is -3.36. The molecule has 32 heavy (non-hydrogen) atoms. The van der Waals surface area contributed by atoms with Crippen molar-refractivity contribution in [2.45, 2.75) is 11.3 Å². The fourth-order valence-electron chi connectivity index (χ4n) is 3.02. The first-order chi connectivity index (χ1) is 15.5. The maximum Gasteiger partial charge on any atom is 0.255 e. The van der Waals surface area contributed by atoms with Gasteiger partial charge in [0.1, 0.15) is 5.75 Å². The highest BCUT2D eigenvalue weighted by atomic mass is 32.2.